The molecule has 4 atom stereocenters. The Morgan fingerprint density at radius 3 is 2.56 bits per heavy atom. The van der Waals surface area contributed by atoms with Crippen molar-refractivity contribution in [3.05, 3.63) is 35.4 Å². The van der Waals surface area contributed by atoms with Crippen molar-refractivity contribution in [2.45, 2.75) is 37.1 Å². The number of ether oxygens (including phenoxy) is 2. The van der Waals surface area contributed by atoms with Crippen LogP contribution in [0, 0.1) is 0 Å². The summed E-state index contributed by atoms with van der Waals surface area (Å²) >= 11 is 0. The molecule has 0 saturated carbocycles. The van der Waals surface area contributed by atoms with Crippen molar-refractivity contribution >= 4 is 0 Å². The smallest absolute Gasteiger partial charge is 0.201 e. The Morgan fingerprint density at radius 1 is 1.06 bits per heavy atom. The molecule has 5 nitrogen and oxygen atoms in total. The lowest BCUT2D eigenvalue weighted by Gasteiger charge is -2.47. The minimum absolute atomic E-state index is 0.0413. The molecule has 0 aromatic heterocycles. The standard InChI is InChI=1S/C13H16O5/c14-10-7-18-13(12(16)11(10)15)5-8-3-1-2-4-9(8)6-17-13/h1-4,10-12,14-16H,5-7H2. The zero-order chi connectivity index (χ0) is 12.8. The zero-order valence-corrected chi connectivity index (χ0v) is 9.82. The van der Waals surface area contributed by atoms with Gasteiger partial charge in [-0.15, -0.1) is 0 Å². The van der Waals surface area contributed by atoms with Crippen LogP contribution in [0.5, 0.6) is 0 Å². The summed E-state index contributed by atoms with van der Waals surface area (Å²) in [5.74, 6) is -1.24. The number of rotatable bonds is 0. The highest BCUT2D eigenvalue weighted by atomic mass is 16.7. The van der Waals surface area contributed by atoms with Crippen molar-refractivity contribution < 1.29 is 24.8 Å². The van der Waals surface area contributed by atoms with Crippen molar-refractivity contribution in [1.29, 1.82) is 0 Å². The normalized spacial score (nSPS) is 39.6. The molecule has 3 N–H and O–H groups in total. The lowest BCUT2D eigenvalue weighted by atomic mass is 9.88. The largest absolute Gasteiger partial charge is 0.388 e. The Kier molecular flexibility index (Phi) is 2.88. The average Bonchev–Trinajstić information content (AvgIpc) is 2.41. The molecule has 0 bridgehead atoms. The highest BCUT2D eigenvalue weighted by Crippen LogP contribution is 2.36. The number of aliphatic hydroxyl groups excluding tert-OH is 3. The lowest BCUT2D eigenvalue weighted by molar-refractivity contribution is -0.346. The van der Waals surface area contributed by atoms with Crippen molar-refractivity contribution in [3.8, 4) is 0 Å². The van der Waals surface area contributed by atoms with Crippen LogP contribution in [0.1, 0.15) is 11.1 Å². The molecule has 1 fully saturated rings. The molecule has 1 aromatic rings. The minimum Gasteiger partial charge on any atom is -0.388 e. The van der Waals surface area contributed by atoms with Gasteiger partial charge in [-0.25, -0.2) is 0 Å². The molecule has 18 heavy (non-hydrogen) atoms. The monoisotopic (exact) mass is 252 g/mol. The molecule has 5 heteroatoms. The van der Waals surface area contributed by atoms with E-state index in [1.807, 2.05) is 24.3 Å². The van der Waals surface area contributed by atoms with Crippen LogP contribution in [0.25, 0.3) is 0 Å². The number of hydrogen-bond donors (Lipinski definition) is 3. The van der Waals surface area contributed by atoms with Crippen LogP contribution in [0.2, 0.25) is 0 Å². The van der Waals surface area contributed by atoms with Gasteiger partial charge in [0.2, 0.25) is 5.79 Å². The van der Waals surface area contributed by atoms with Crippen LogP contribution in [-0.4, -0.2) is 46.0 Å². The van der Waals surface area contributed by atoms with Crippen LogP contribution in [-0.2, 0) is 22.5 Å². The van der Waals surface area contributed by atoms with Gasteiger partial charge in [0, 0.05) is 6.42 Å². The molecule has 1 spiro atoms. The number of benzene rings is 1. The van der Waals surface area contributed by atoms with Gasteiger partial charge in [-0.2, -0.15) is 0 Å². The van der Waals surface area contributed by atoms with Crippen LogP contribution < -0.4 is 0 Å². The van der Waals surface area contributed by atoms with Gasteiger partial charge in [0.25, 0.3) is 0 Å². The SMILES string of the molecule is OC1COC2(Cc3ccccc3CO2)C(O)C1O. The molecule has 4 unspecified atom stereocenters. The first-order chi connectivity index (χ1) is 8.62. The van der Waals surface area contributed by atoms with Crippen molar-refractivity contribution in [1.82, 2.24) is 0 Å². The second-order valence-electron chi connectivity index (χ2n) is 4.86. The van der Waals surface area contributed by atoms with E-state index in [2.05, 4.69) is 0 Å². The van der Waals surface area contributed by atoms with E-state index in [1.165, 1.54) is 0 Å². The van der Waals surface area contributed by atoms with E-state index in [-0.39, 0.29) is 6.61 Å². The summed E-state index contributed by atoms with van der Waals surface area (Å²) in [4.78, 5) is 0. The first-order valence-electron chi connectivity index (χ1n) is 6.01. The maximum absolute atomic E-state index is 10.1. The van der Waals surface area contributed by atoms with Crippen LogP contribution in [0.4, 0.5) is 0 Å². The summed E-state index contributed by atoms with van der Waals surface area (Å²) in [7, 11) is 0. The van der Waals surface area contributed by atoms with Crippen LogP contribution in [0.3, 0.4) is 0 Å². The van der Waals surface area contributed by atoms with E-state index in [4.69, 9.17) is 9.47 Å². The summed E-state index contributed by atoms with van der Waals surface area (Å²) in [5, 5.41) is 29.3. The van der Waals surface area contributed by atoms with Gasteiger partial charge in [0.05, 0.1) is 13.2 Å². The van der Waals surface area contributed by atoms with E-state index in [0.29, 0.717) is 13.0 Å². The van der Waals surface area contributed by atoms with Gasteiger partial charge < -0.3 is 24.8 Å². The molecule has 0 radical (unpaired) electrons. The van der Waals surface area contributed by atoms with Crippen LogP contribution in [0.15, 0.2) is 24.3 Å². The fraction of sp³-hybridized carbons (Fsp3) is 0.538. The van der Waals surface area contributed by atoms with Gasteiger partial charge in [0.1, 0.15) is 18.3 Å². The third-order valence-electron chi connectivity index (χ3n) is 3.69. The maximum atomic E-state index is 10.1. The summed E-state index contributed by atoms with van der Waals surface area (Å²) < 4.78 is 11.1. The topological polar surface area (TPSA) is 79.2 Å². The molecular formula is C13H16O5. The predicted octanol–water partition coefficient (Wildman–Crippen LogP) is -0.432. The average molecular weight is 252 g/mol. The molecule has 1 aromatic carbocycles. The zero-order valence-electron chi connectivity index (χ0n) is 9.82. The summed E-state index contributed by atoms with van der Waals surface area (Å²) in [6.07, 6.45) is -3.21. The van der Waals surface area contributed by atoms with E-state index in [9.17, 15) is 15.3 Å². The molecule has 2 aliphatic heterocycles. The molecule has 2 aliphatic rings. The van der Waals surface area contributed by atoms with E-state index < -0.39 is 24.1 Å². The first kappa shape index (κ1) is 12.1. The van der Waals surface area contributed by atoms with Crippen LogP contribution >= 0.6 is 0 Å². The van der Waals surface area contributed by atoms with Gasteiger partial charge in [-0.1, -0.05) is 24.3 Å². The highest BCUT2D eigenvalue weighted by Gasteiger charge is 2.52. The Hall–Kier alpha value is -0.980. The second kappa shape index (κ2) is 4.29. The molecule has 98 valence electrons. The van der Waals surface area contributed by atoms with E-state index >= 15 is 0 Å². The number of aliphatic hydroxyl groups is 3. The van der Waals surface area contributed by atoms with Gasteiger partial charge in [0.15, 0.2) is 0 Å². The third kappa shape index (κ3) is 1.75. The molecule has 0 amide bonds. The lowest BCUT2D eigenvalue weighted by Crippen LogP contribution is -2.63. The van der Waals surface area contributed by atoms with Gasteiger partial charge in [-0.05, 0) is 11.1 Å². The van der Waals surface area contributed by atoms with Crippen molar-refractivity contribution in [2.24, 2.45) is 0 Å². The number of fused-ring (bicyclic) bond motifs is 1. The van der Waals surface area contributed by atoms with E-state index in [0.717, 1.165) is 11.1 Å². The molecule has 3 rings (SSSR count). The van der Waals surface area contributed by atoms with Crippen molar-refractivity contribution in [2.75, 3.05) is 6.61 Å². The fourth-order valence-corrected chi connectivity index (χ4v) is 2.55. The Morgan fingerprint density at radius 2 is 1.78 bits per heavy atom. The van der Waals surface area contributed by atoms with Gasteiger partial charge in [-0.3, -0.25) is 0 Å². The fourth-order valence-electron chi connectivity index (χ4n) is 2.55. The first-order valence-corrected chi connectivity index (χ1v) is 6.01. The predicted molar refractivity (Wildman–Crippen MR) is 61.6 cm³/mol. The van der Waals surface area contributed by atoms with E-state index in [1.54, 1.807) is 0 Å². The molecule has 2 heterocycles. The minimum atomic E-state index is -1.25. The molecule has 0 aliphatic carbocycles. The highest BCUT2D eigenvalue weighted by molar-refractivity contribution is 5.30. The maximum Gasteiger partial charge on any atom is 0.201 e. The Balaban J connectivity index is 1.90. The second-order valence-corrected chi connectivity index (χ2v) is 4.86. The van der Waals surface area contributed by atoms with Gasteiger partial charge >= 0.3 is 0 Å². The Labute approximate surface area is 105 Å². The molecule has 1 saturated heterocycles. The Bertz CT molecular complexity index is 449. The quantitative estimate of drug-likeness (QED) is 0.584. The third-order valence-corrected chi connectivity index (χ3v) is 3.69. The molecular weight excluding hydrogens is 236 g/mol. The van der Waals surface area contributed by atoms with Crippen molar-refractivity contribution in [3.63, 3.8) is 0 Å². The summed E-state index contributed by atoms with van der Waals surface area (Å²) in [6.45, 7) is 0.288. The number of hydrogen-bond acceptors (Lipinski definition) is 5. The summed E-state index contributed by atoms with van der Waals surface area (Å²) in [5.41, 5.74) is 2.09. The summed E-state index contributed by atoms with van der Waals surface area (Å²) in [6, 6.07) is 7.76.